The molecule has 0 spiro atoms. The van der Waals surface area contributed by atoms with Crippen LogP contribution in [-0.4, -0.2) is 86.6 Å². The fourth-order valence-corrected chi connectivity index (χ4v) is 13.4. The van der Waals surface area contributed by atoms with Crippen LogP contribution >= 0.6 is 0 Å². The van der Waals surface area contributed by atoms with Crippen LogP contribution < -0.4 is 19.8 Å². The van der Waals surface area contributed by atoms with Gasteiger partial charge in [0.2, 0.25) is 0 Å². The number of methoxy groups -OCH3 is 3. The molecule has 0 aliphatic heterocycles. The van der Waals surface area contributed by atoms with Crippen LogP contribution in [0.5, 0.6) is 11.5 Å². The number of hydrogen-bond acceptors (Lipinski definition) is 10. The Labute approximate surface area is 451 Å². The van der Waals surface area contributed by atoms with E-state index in [9.17, 15) is 4.79 Å². The van der Waals surface area contributed by atoms with E-state index in [0.29, 0.717) is 52.3 Å². The van der Waals surface area contributed by atoms with E-state index in [1.54, 1.807) is 33.5 Å². The van der Waals surface area contributed by atoms with Gasteiger partial charge in [-0.1, -0.05) is 166 Å². The van der Waals surface area contributed by atoms with Gasteiger partial charge in [-0.15, -0.1) is 13.2 Å². The van der Waals surface area contributed by atoms with Crippen molar-refractivity contribution in [2.45, 2.75) is 123 Å². The molecule has 0 N–H and O–H groups in total. The highest BCUT2D eigenvalue weighted by Crippen LogP contribution is 2.37. The number of rotatable bonds is 36. The molecule has 0 bridgehead atoms. The maximum absolute atomic E-state index is 13.6. The molecule has 5 atom stereocenters. The zero-order valence-electron chi connectivity index (χ0n) is 46.4. The number of ether oxygens (including phenoxy) is 8. The summed E-state index contributed by atoms with van der Waals surface area (Å²) in [5.41, 5.74) is 4.23. The molecule has 0 aliphatic carbocycles. The lowest BCUT2D eigenvalue weighted by atomic mass is 9.95. The van der Waals surface area contributed by atoms with E-state index in [0.717, 1.165) is 53.0 Å². The molecule has 0 aliphatic rings. The van der Waals surface area contributed by atoms with E-state index in [1.165, 1.54) is 10.4 Å². The first-order valence-electron chi connectivity index (χ1n) is 26.3. The van der Waals surface area contributed by atoms with Crippen molar-refractivity contribution >= 4 is 24.7 Å². The van der Waals surface area contributed by atoms with E-state index in [1.807, 2.05) is 60.7 Å². The molecule has 11 heteroatoms. The fraction of sp³-hybridized carbons (Fsp3) is 0.422. The molecule has 0 fully saturated rings. The molecule has 75 heavy (non-hydrogen) atoms. The number of esters is 1. The summed E-state index contributed by atoms with van der Waals surface area (Å²) < 4.78 is 53.6. The van der Waals surface area contributed by atoms with Gasteiger partial charge in [0, 0.05) is 25.5 Å². The molecule has 4 aromatic carbocycles. The van der Waals surface area contributed by atoms with Gasteiger partial charge in [0.05, 0.1) is 59.5 Å². The summed E-state index contributed by atoms with van der Waals surface area (Å²) in [6, 6.07) is 37.0. The van der Waals surface area contributed by atoms with Crippen LogP contribution in [0.1, 0.15) is 91.2 Å². The predicted octanol–water partition coefficient (Wildman–Crippen LogP) is 13.0. The third kappa shape index (κ3) is 21.5. The molecule has 10 nitrogen and oxygen atoms in total. The summed E-state index contributed by atoms with van der Waals surface area (Å²) in [6.45, 7) is 23.5. The minimum atomic E-state index is -2.77. The third-order valence-electron chi connectivity index (χ3n) is 13.0. The van der Waals surface area contributed by atoms with E-state index in [2.05, 4.69) is 140 Å². The van der Waals surface area contributed by atoms with Crippen molar-refractivity contribution in [2.75, 3.05) is 47.9 Å². The molecule has 4 aromatic rings. The van der Waals surface area contributed by atoms with Crippen LogP contribution in [0.15, 0.2) is 182 Å². The minimum Gasteiger partial charge on any atom is -0.497 e. The Morgan fingerprint density at radius 3 is 1.83 bits per heavy atom. The van der Waals surface area contributed by atoms with Crippen LogP contribution in [-0.2, 0) is 50.9 Å². The number of carbonyl (C=O) groups is 1. The van der Waals surface area contributed by atoms with E-state index < -0.39 is 14.4 Å². The molecule has 4 rings (SSSR count). The second kappa shape index (κ2) is 34.1. The topological polar surface area (TPSA) is 100 Å². The normalized spacial score (nSPS) is 14.6. The lowest BCUT2D eigenvalue weighted by Crippen LogP contribution is -2.66. The summed E-state index contributed by atoms with van der Waals surface area (Å²) >= 11 is 0. The van der Waals surface area contributed by atoms with Crippen molar-refractivity contribution in [3.8, 4) is 11.5 Å². The van der Waals surface area contributed by atoms with Gasteiger partial charge >= 0.3 is 5.97 Å². The Kier molecular flexibility index (Phi) is 28.2. The second-order valence-electron chi connectivity index (χ2n) is 19.9. The minimum absolute atomic E-state index is 0.105. The standard InChI is InChI=1S/C64H86O10Si/c1-12-55(70-47-53-34-38-56(67-10)39-35-53)27-19-15-25-33-63(65)74-62(52(5)44-51(4)46-73-75(64(6,7)8,58-28-20-16-21-29-58)59-30-22-17-23-31-59)45-50(3)26-18-14-24-32-61(72-49-69-43-42-66-9)60(13-2)71-48-54-36-40-57(68-11)41-37-54/h12-14,16-18,20-23,25-26,28-31,33-41,44,52,55,60-62H,1-2,15,19,24,27,32,42-43,45-49H2,3-11H3/b18-14+,33-25+,50-26+,51-44+/t52-,55-,60+,61+,62-/m1/s1. The van der Waals surface area contributed by atoms with Gasteiger partial charge in [-0.25, -0.2) is 4.79 Å². The molecule has 0 saturated heterocycles. The summed E-state index contributed by atoms with van der Waals surface area (Å²) in [4.78, 5) is 13.6. The maximum Gasteiger partial charge on any atom is 0.330 e. The van der Waals surface area contributed by atoms with Gasteiger partial charge in [-0.2, -0.15) is 0 Å². The SMILES string of the molecule is C=C[C@H](CCC/C=C/C(=O)O[C@H](C/C(C)=C/C=C/CC[C@H](OCOCCOC)[C@H](C=C)OCc1ccc(OC)cc1)[C@H](C)/C=C(\C)CO[Si](c1ccccc1)(c1ccccc1)C(C)(C)C)OCc1ccc(OC)cc1. The highest BCUT2D eigenvalue weighted by molar-refractivity contribution is 6.99. The molecule has 0 heterocycles. The molecular formula is C64H86O10Si. The number of hydrogen-bond donors (Lipinski definition) is 0. The van der Waals surface area contributed by atoms with E-state index in [-0.39, 0.29) is 42.0 Å². The van der Waals surface area contributed by atoms with Crippen molar-refractivity contribution in [1.29, 1.82) is 0 Å². The van der Waals surface area contributed by atoms with Gasteiger partial charge in [-0.3, -0.25) is 0 Å². The Balaban J connectivity index is 1.47. The molecule has 0 saturated carbocycles. The Hall–Kier alpha value is -5.63. The van der Waals surface area contributed by atoms with Crippen LogP contribution in [0.3, 0.4) is 0 Å². The van der Waals surface area contributed by atoms with Gasteiger partial charge < -0.3 is 42.3 Å². The average Bonchev–Trinajstić information content (AvgIpc) is 3.42. The van der Waals surface area contributed by atoms with Crippen molar-refractivity contribution in [2.24, 2.45) is 5.92 Å². The van der Waals surface area contributed by atoms with Gasteiger partial charge in [-0.05, 0) is 96.8 Å². The van der Waals surface area contributed by atoms with Crippen molar-refractivity contribution in [1.82, 2.24) is 0 Å². The van der Waals surface area contributed by atoms with Crippen LogP contribution in [0.4, 0.5) is 0 Å². The molecule has 406 valence electrons. The van der Waals surface area contributed by atoms with Crippen LogP contribution in [0, 0.1) is 5.92 Å². The van der Waals surface area contributed by atoms with Crippen molar-refractivity contribution < 1.29 is 47.1 Å². The third-order valence-corrected chi connectivity index (χ3v) is 18.0. The molecule has 0 amide bonds. The van der Waals surface area contributed by atoms with Crippen molar-refractivity contribution in [3.63, 3.8) is 0 Å². The highest BCUT2D eigenvalue weighted by Gasteiger charge is 2.50. The summed E-state index contributed by atoms with van der Waals surface area (Å²) in [6.07, 6.45) is 18.6. The van der Waals surface area contributed by atoms with Crippen LogP contribution in [0.25, 0.3) is 0 Å². The maximum atomic E-state index is 13.6. The van der Waals surface area contributed by atoms with Gasteiger partial charge in [0.15, 0.2) is 0 Å². The first-order valence-corrected chi connectivity index (χ1v) is 28.2. The lowest BCUT2D eigenvalue weighted by Gasteiger charge is -2.43. The number of allylic oxidation sites excluding steroid dienone is 4. The van der Waals surface area contributed by atoms with Crippen LogP contribution in [0.2, 0.25) is 5.04 Å². The summed E-state index contributed by atoms with van der Waals surface area (Å²) in [5.74, 6) is 1.11. The summed E-state index contributed by atoms with van der Waals surface area (Å²) in [7, 11) is 2.17. The number of benzene rings is 4. The summed E-state index contributed by atoms with van der Waals surface area (Å²) in [5, 5.41) is 2.29. The average molecular weight is 1040 g/mol. The first kappa shape index (κ1) is 61.9. The van der Waals surface area contributed by atoms with E-state index in [4.69, 9.17) is 42.3 Å². The predicted molar refractivity (Wildman–Crippen MR) is 307 cm³/mol. The Morgan fingerprint density at radius 2 is 1.28 bits per heavy atom. The molecule has 0 radical (unpaired) electrons. The van der Waals surface area contributed by atoms with E-state index >= 15 is 0 Å². The van der Waals surface area contributed by atoms with Crippen molar-refractivity contribution in [3.05, 3.63) is 193 Å². The largest absolute Gasteiger partial charge is 0.497 e. The van der Waals surface area contributed by atoms with Gasteiger partial charge in [0.1, 0.15) is 30.5 Å². The number of unbranched alkanes of at least 4 members (excludes halogenated alkanes) is 1. The Morgan fingerprint density at radius 1 is 0.680 bits per heavy atom. The second-order valence-corrected chi connectivity index (χ2v) is 24.2. The first-order chi connectivity index (χ1) is 36.3. The lowest BCUT2D eigenvalue weighted by molar-refractivity contribution is -0.144. The number of carbonyl (C=O) groups excluding carboxylic acids is 1. The highest BCUT2D eigenvalue weighted by atomic mass is 28.4. The molecule has 0 unspecified atom stereocenters. The smallest absolute Gasteiger partial charge is 0.330 e. The molecular weight excluding hydrogens is 957 g/mol. The quantitative estimate of drug-likeness (QED) is 0.00833. The monoisotopic (exact) mass is 1040 g/mol. The Bertz CT molecular complexity index is 2310. The van der Waals surface area contributed by atoms with Gasteiger partial charge in [0.25, 0.3) is 8.32 Å². The zero-order chi connectivity index (χ0) is 54.3. The zero-order valence-corrected chi connectivity index (χ0v) is 47.4. The molecule has 0 aromatic heterocycles. The fourth-order valence-electron chi connectivity index (χ4n) is 8.82.